The molecule has 0 aromatic heterocycles. The number of ether oxygens (including phenoxy) is 1. The summed E-state index contributed by atoms with van der Waals surface area (Å²) in [5.41, 5.74) is 2.91. The smallest absolute Gasteiger partial charge is 0.119 e. The minimum Gasteiger partial charge on any atom is -0.497 e. The molecule has 0 saturated carbocycles. The highest BCUT2D eigenvalue weighted by Gasteiger charge is 2.32. The van der Waals surface area contributed by atoms with Crippen molar-refractivity contribution < 1.29 is 4.74 Å². The van der Waals surface area contributed by atoms with Crippen molar-refractivity contribution in [1.29, 1.82) is 0 Å². The number of benzene rings is 1. The summed E-state index contributed by atoms with van der Waals surface area (Å²) in [6.45, 7) is 3.46. The van der Waals surface area contributed by atoms with Crippen molar-refractivity contribution in [2.45, 2.75) is 25.8 Å². The van der Waals surface area contributed by atoms with Crippen LogP contribution in [0.5, 0.6) is 5.75 Å². The topological polar surface area (TPSA) is 12.5 Å². The zero-order valence-corrected chi connectivity index (χ0v) is 10.5. The van der Waals surface area contributed by atoms with Gasteiger partial charge < -0.3 is 9.64 Å². The Morgan fingerprint density at radius 3 is 2.47 bits per heavy atom. The Balaban J connectivity index is 1.86. The molecule has 1 saturated heterocycles. The molecular weight excluding hydrogens is 210 g/mol. The monoisotopic (exact) mass is 229 g/mol. The average molecular weight is 229 g/mol. The van der Waals surface area contributed by atoms with Gasteiger partial charge in [0, 0.05) is 18.3 Å². The zero-order chi connectivity index (χ0) is 11.8. The molecule has 2 atom stereocenters. The van der Waals surface area contributed by atoms with Crippen molar-refractivity contribution in [2.24, 2.45) is 5.92 Å². The van der Waals surface area contributed by atoms with Crippen LogP contribution in [0.4, 0.5) is 5.69 Å². The number of anilines is 1. The van der Waals surface area contributed by atoms with Crippen molar-refractivity contribution in [3.63, 3.8) is 0 Å². The maximum Gasteiger partial charge on any atom is 0.119 e. The number of hydrogen-bond acceptors (Lipinski definition) is 2. The lowest BCUT2D eigenvalue weighted by atomic mass is 9.80. The summed E-state index contributed by atoms with van der Waals surface area (Å²) in [7, 11) is 1.71. The maximum absolute atomic E-state index is 5.21. The largest absolute Gasteiger partial charge is 0.497 e. The second kappa shape index (κ2) is 4.10. The van der Waals surface area contributed by atoms with Crippen LogP contribution in [0.3, 0.4) is 0 Å². The third-order valence-corrected chi connectivity index (χ3v) is 4.13. The van der Waals surface area contributed by atoms with E-state index >= 15 is 0 Å². The van der Waals surface area contributed by atoms with Crippen molar-refractivity contribution >= 4 is 5.69 Å². The second-order valence-electron chi connectivity index (χ2n) is 5.10. The Bertz CT molecular complexity index is 435. The van der Waals surface area contributed by atoms with Crippen LogP contribution >= 0.6 is 0 Å². The number of piperidine rings is 1. The number of nitrogens with zero attached hydrogens (tertiary/aromatic N) is 1. The predicted octanol–water partition coefficient (Wildman–Crippen LogP) is 3.24. The number of rotatable bonds is 2. The van der Waals surface area contributed by atoms with E-state index in [9.17, 15) is 0 Å². The molecule has 2 nitrogen and oxygen atoms in total. The van der Waals surface area contributed by atoms with Gasteiger partial charge in [0.05, 0.1) is 7.11 Å². The summed E-state index contributed by atoms with van der Waals surface area (Å²) in [6.07, 6.45) is 5.11. The summed E-state index contributed by atoms with van der Waals surface area (Å²) in [4.78, 5) is 2.53. The van der Waals surface area contributed by atoms with E-state index in [-0.39, 0.29) is 0 Å². The van der Waals surface area contributed by atoms with E-state index in [2.05, 4.69) is 30.0 Å². The van der Waals surface area contributed by atoms with Crippen molar-refractivity contribution in [2.75, 3.05) is 18.6 Å². The summed E-state index contributed by atoms with van der Waals surface area (Å²) < 4.78 is 5.21. The lowest BCUT2D eigenvalue weighted by molar-refractivity contribution is 0.392. The van der Waals surface area contributed by atoms with Crippen LogP contribution in [-0.4, -0.2) is 19.7 Å². The van der Waals surface area contributed by atoms with Gasteiger partial charge in [-0.25, -0.2) is 0 Å². The van der Waals surface area contributed by atoms with Gasteiger partial charge in [-0.05, 0) is 49.9 Å². The molecule has 2 bridgehead atoms. The minimum atomic E-state index is 0.605. The Morgan fingerprint density at radius 2 is 1.94 bits per heavy atom. The van der Waals surface area contributed by atoms with Gasteiger partial charge >= 0.3 is 0 Å². The molecule has 17 heavy (non-hydrogen) atoms. The number of fused-ring (bicyclic) bond motifs is 2. The van der Waals surface area contributed by atoms with E-state index in [1.807, 2.05) is 12.1 Å². The highest BCUT2D eigenvalue weighted by atomic mass is 16.5. The van der Waals surface area contributed by atoms with Crippen LogP contribution in [0.2, 0.25) is 0 Å². The van der Waals surface area contributed by atoms with Crippen LogP contribution in [0.25, 0.3) is 0 Å². The molecule has 1 aromatic rings. The second-order valence-corrected chi connectivity index (χ2v) is 5.10. The van der Waals surface area contributed by atoms with Crippen LogP contribution in [0.1, 0.15) is 19.8 Å². The Labute approximate surface area is 103 Å². The van der Waals surface area contributed by atoms with Crippen LogP contribution in [-0.2, 0) is 0 Å². The van der Waals surface area contributed by atoms with E-state index in [1.165, 1.54) is 25.1 Å². The quantitative estimate of drug-likeness (QED) is 0.722. The lowest BCUT2D eigenvalue weighted by Crippen LogP contribution is -2.46. The Morgan fingerprint density at radius 1 is 1.18 bits per heavy atom. The molecule has 2 heteroatoms. The van der Waals surface area contributed by atoms with Gasteiger partial charge in [0.25, 0.3) is 0 Å². The molecule has 0 spiro atoms. The molecule has 1 aromatic carbocycles. The van der Waals surface area contributed by atoms with Crippen molar-refractivity contribution in [3.05, 3.63) is 35.9 Å². The van der Waals surface area contributed by atoms with Crippen molar-refractivity contribution in [3.8, 4) is 5.75 Å². The summed E-state index contributed by atoms with van der Waals surface area (Å²) in [6, 6.07) is 9.04. The molecule has 3 aliphatic rings. The molecule has 0 amide bonds. The SMILES string of the molecule is COc1ccc(N2C[C@@H]3CC[C@H]2C=C3C)cc1. The Kier molecular flexibility index (Phi) is 2.58. The van der Waals surface area contributed by atoms with Gasteiger partial charge in [-0.3, -0.25) is 0 Å². The number of methoxy groups -OCH3 is 1. The first-order valence-corrected chi connectivity index (χ1v) is 6.37. The van der Waals surface area contributed by atoms with Crippen molar-refractivity contribution in [1.82, 2.24) is 0 Å². The molecule has 2 heterocycles. The first-order chi connectivity index (χ1) is 8.28. The van der Waals surface area contributed by atoms with Crippen LogP contribution in [0.15, 0.2) is 35.9 Å². The van der Waals surface area contributed by atoms with E-state index < -0.39 is 0 Å². The fourth-order valence-electron chi connectivity index (χ4n) is 3.05. The Hall–Kier alpha value is -1.44. The standard InChI is InChI=1S/C15H19NO/c1-11-9-14-4-3-12(11)10-16(14)13-5-7-15(17-2)8-6-13/h5-9,12,14H,3-4,10H2,1-2H3/t12-,14-/m0/s1. The third kappa shape index (κ3) is 1.82. The summed E-state index contributed by atoms with van der Waals surface area (Å²) in [5.74, 6) is 1.70. The molecule has 0 N–H and O–H groups in total. The average Bonchev–Trinajstić information content (AvgIpc) is 2.39. The van der Waals surface area contributed by atoms with Gasteiger partial charge in [-0.15, -0.1) is 0 Å². The van der Waals surface area contributed by atoms with Gasteiger partial charge in [-0.1, -0.05) is 11.6 Å². The van der Waals surface area contributed by atoms with Gasteiger partial charge in [-0.2, -0.15) is 0 Å². The van der Waals surface area contributed by atoms with E-state index in [0.29, 0.717) is 6.04 Å². The zero-order valence-electron chi connectivity index (χ0n) is 10.5. The molecule has 0 unspecified atom stereocenters. The van der Waals surface area contributed by atoms with E-state index in [0.717, 1.165) is 11.7 Å². The third-order valence-electron chi connectivity index (χ3n) is 4.13. The predicted molar refractivity (Wildman–Crippen MR) is 70.6 cm³/mol. The summed E-state index contributed by atoms with van der Waals surface area (Å²) in [5, 5.41) is 0. The van der Waals surface area contributed by atoms with Gasteiger partial charge in [0.1, 0.15) is 5.75 Å². The summed E-state index contributed by atoms with van der Waals surface area (Å²) >= 11 is 0. The molecular formula is C15H19NO. The first-order valence-electron chi connectivity index (χ1n) is 6.37. The molecule has 90 valence electrons. The van der Waals surface area contributed by atoms with Crippen LogP contribution < -0.4 is 9.64 Å². The molecule has 0 radical (unpaired) electrons. The highest BCUT2D eigenvalue weighted by molar-refractivity contribution is 5.53. The van der Waals surface area contributed by atoms with E-state index in [4.69, 9.17) is 4.74 Å². The maximum atomic E-state index is 5.21. The normalized spacial score (nSPS) is 26.9. The lowest BCUT2D eigenvalue weighted by Gasteiger charge is -2.45. The van der Waals surface area contributed by atoms with Crippen LogP contribution in [0, 0.1) is 5.92 Å². The van der Waals surface area contributed by atoms with E-state index in [1.54, 1.807) is 12.7 Å². The fraction of sp³-hybridized carbons (Fsp3) is 0.467. The minimum absolute atomic E-state index is 0.605. The molecule has 1 aliphatic carbocycles. The fourth-order valence-corrected chi connectivity index (χ4v) is 3.05. The highest BCUT2D eigenvalue weighted by Crippen LogP contribution is 2.37. The molecule has 4 rings (SSSR count). The number of hydrogen-bond donors (Lipinski definition) is 0. The molecule has 1 fully saturated rings. The first kappa shape index (κ1) is 10.7. The van der Waals surface area contributed by atoms with Gasteiger partial charge in [0.2, 0.25) is 0 Å². The molecule has 2 aliphatic heterocycles. The van der Waals surface area contributed by atoms with Gasteiger partial charge in [0.15, 0.2) is 0 Å².